The molecule has 3 rings (SSSR count). The molecule has 1 aromatic carbocycles. The van der Waals surface area contributed by atoms with Crippen molar-refractivity contribution in [2.75, 3.05) is 11.5 Å². The van der Waals surface area contributed by atoms with Gasteiger partial charge in [-0.3, -0.25) is 4.79 Å². The van der Waals surface area contributed by atoms with Crippen molar-refractivity contribution in [3.05, 3.63) is 59.4 Å². The number of benzene rings is 1. The van der Waals surface area contributed by atoms with Crippen LogP contribution in [-0.4, -0.2) is 36.4 Å². The minimum atomic E-state index is -3.00. The van der Waals surface area contributed by atoms with Crippen molar-refractivity contribution in [3.8, 4) is 0 Å². The topological polar surface area (TPSA) is 68.2 Å². The second-order valence-electron chi connectivity index (χ2n) is 6.50. The molecular formula is C18H21ClN2O3S. The van der Waals surface area contributed by atoms with Gasteiger partial charge in [-0.1, -0.05) is 23.7 Å². The summed E-state index contributed by atoms with van der Waals surface area (Å²) in [5, 5.41) is 3.53. The number of amides is 1. The van der Waals surface area contributed by atoms with Gasteiger partial charge in [-0.05, 0) is 36.2 Å². The van der Waals surface area contributed by atoms with Crippen LogP contribution in [0.3, 0.4) is 0 Å². The minimum absolute atomic E-state index is 0.0114. The molecule has 1 aromatic heterocycles. The summed E-state index contributed by atoms with van der Waals surface area (Å²) in [5.41, 5.74) is 1.03. The number of nitrogens with zero attached hydrogens (tertiary/aromatic N) is 1. The number of aromatic nitrogens is 1. The van der Waals surface area contributed by atoms with Gasteiger partial charge in [0.2, 0.25) is 5.91 Å². The smallest absolute Gasteiger partial charge is 0.220 e. The van der Waals surface area contributed by atoms with Gasteiger partial charge in [-0.15, -0.1) is 0 Å². The maximum atomic E-state index is 12.4. The van der Waals surface area contributed by atoms with Crippen LogP contribution >= 0.6 is 11.6 Å². The predicted molar refractivity (Wildman–Crippen MR) is 98.4 cm³/mol. The number of halogens is 1. The van der Waals surface area contributed by atoms with E-state index in [-0.39, 0.29) is 29.4 Å². The van der Waals surface area contributed by atoms with Crippen molar-refractivity contribution in [3.63, 3.8) is 0 Å². The Morgan fingerprint density at radius 3 is 2.52 bits per heavy atom. The molecule has 2 aromatic rings. The molecule has 0 spiro atoms. The highest BCUT2D eigenvalue weighted by atomic mass is 35.5. The molecule has 1 amide bonds. The summed E-state index contributed by atoms with van der Waals surface area (Å²) < 4.78 is 25.1. The van der Waals surface area contributed by atoms with Crippen LogP contribution < -0.4 is 5.32 Å². The zero-order valence-electron chi connectivity index (χ0n) is 13.8. The molecule has 0 aliphatic carbocycles. The Kier molecular flexibility index (Phi) is 5.49. The molecule has 1 aliphatic rings. The molecule has 5 nitrogen and oxygen atoms in total. The van der Waals surface area contributed by atoms with E-state index in [0.29, 0.717) is 24.4 Å². The van der Waals surface area contributed by atoms with Crippen LogP contribution in [-0.2, 0) is 21.2 Å². The Morgan fingerprint density at radius 1 is 1.24 bits per heavy atom. The van der Waals surface area contributed by atoms with Crippen LogP contribution in [0, 0.1) is 0 Å². The molecule has 0 radical (unpaired) electrons. The number of rotatable bonds is 6. The Bertz CT molecular complexity index is 817. The normalized spacial score (nSPS) is 20.3. The number of hydrogen-bond donors (Lipinski definition) is 1. The fourth-order valence-electron chi connectivity index (χ4n) is 3.19. The summed E-state index contributed by atoms with van der Waals surface area (Å²) in [4.78, 5) is 12.4. The number of carbonyl (C=O) groups excluding carboxylic acids is 1. The number of sulfone groups is 1. The zero-order valence-corrected chi connectivity index (χ0v) is 15.3. The van der Waals surface area contributed by atoms with E-state index in [1.54, 1.807) is 0 Å². The second-order valence-corrected chi connectivity index (χ2v) is 9.17. The average Bonchev–Trinajstić information content (AvgIpc) is 3.17. The van der Waals surface area contributed by atoms with Gasteiger partial charge in [-0.25, -0.2) is 8.42 Å². The van der Waals surface area contributed by atoms with E-state index in [9.17, 15) is 13.2 Å². The fraction of sp³-hybridized carbons (Fsp3) is 0.389. The van der Waals surface area contributed by atoms with E-state index in [1.165, 1.54) is 0 Å². The third-order valence-corrected chi connectivity index (χ3v) is 6.49. The summed E-state index contributed by atoms with van der Waals surface area (Å²) in [5.74, 6) is 0.0704. The van der Waals surface area contributed by atoms with E-state index in [4.69, 9.17) is 11.6 Å². The molecule has 1 N–H and O–H groups in total. The summed E-state index contributed by atoms with van der Waals surface area (Å²) in [6, 6.07) is 11.1. The van der Waals surface area contributed by atoms with Crippen LogP contribution in [0.4, 0.5) is 0 Å². The Hall–Kier alpha value is -1.79. The maximum absolute atomic E-state index is 12.4. The van der Waals surface area contributed by atoms with Crippen molar-refractivity contribution in [2.45, 2.75) is 31.3 Å². The lowest BCUT2D eigenvalue weighted by molar-refractivity contribution is -0.122. The zero-order chi connectivity index (χ0) is 17.9. The first-order chi connectivity index (χ1) is 11.9. The lowest BCUT2D eigenvalue weighted by Crippen LogP contribution is -2.36. The number of carbonyl (C=O) groups is 1. The molecule has 0 unspecified atom stereocenters. The first-order valence-corrected chi connectivity index (χ1v) is 10.5. The van der Waals surface area contributed by atoms with E-state index in [2.05, 4.69) is 5.32 Å². The molecule has 1 saturated heterocycles. The summed E-state index contributed by atoms with van der Waals surface area (Å²) in [6.45, 7) is 0.672. The molecule has 25 heavy (non-hydrogen) atoms. The lowest BCUT2D eigenvalue weighted by Gasteiger charge is -2.19. The molecule has 1 fully saturated rings. The van der Waals surface area contributed by atoms with Gasteiger partial charge in [0.1, 0.15) is 0 Å². The Labute approximate surface area is 152 Å². The van der Waals surface area contributed by atoms with Crippen LogP contribution in [0.1, 0.15) is 24.3 Å². The average molecular weight is 381 g/mol. The SMILES string of the molecule is O=C(C[C@H](Cn1cccc1)c1ccc(Cl)cc1)N[C@@H]1CCS(=O)(=O)C1. The second kappa shape index (κ2) is 7.62. The molecule has 7 heteroatoms. The third-order valence-electron chi connectivity index (χ3n) is 4.47. The van der Waals surface area contributed by atoms with Crippen LogP contribution in [0.5, 0.6) is 0 Å². The molecule has 0 bridgehead atoms. The third kappa shape index (κ3) is 5.09. The molecule has 134 valence electrons. The molecule has 2 atom stereocenters. The van der Waals surface area contributed by atoms with Crippen molar-refractivity contribution < 1.29 is 13.2 Å². The van der Waals surface area contributed by atoms with E-state index in [1.807, 2.05) is 53.4 Å². The minimum Gasteiger partial charge on any atom is -0.354 e. The first kappa shape index (κ1) is 18.0. The van der Waals surface area contributed by atoms with Gasteiger partial charge >= 0.3 is 0 Å². The largest absolute Gasteiger partial charge is 0.354 e. The van der Waals surface area contributed by atoms with E-state index < -0.39 is 9.84 Å². The highest BCUT2D eigenvalue weighted by Crippen LogP contribution is 2.24. The van der Waals surface area contributed by atoms with Gasteiger partial charge in [0.15, 0.2) is 9.84 Å². The van der Waals surface area contributed by atoms with Crippen molar-refractivity contribution in [2.24, 2.45) is 0 Å². The molecule has 0 saturated carbocycles. The van der Waals surface area contributed by atoms with Crippen LogP contribution in [0.25, 0.3) is 0 Å². The highest BCUT2D eigenvalue weighted by Gasteiger charge is 2.29. The first-order valence-electron chi connectivity index (χ1n) is 8.27. The van der Waals surface area contributed by atoms with Crippen molar-refractivity contribution in [1.29, 1.82) is 0 Å². The van der Waals surface area contributed by atoms with Gasteiger partial charge in [0, 0.05) is 42.3 Å². The summed E-state index contributed by atoms with van der Waals surface area (Å²) in [6.07, 6.45) is 4.72. The van der Waals surface area contributed by atoms with Crippen LogP contribution in [0.15, 0.2) is 48.8 Å². The fourth-order valence-corrected chi connectivity index (χ4v) is 4.99. The van der Waals surface area contributed by atoms with Gasteiger partial charge in [-0.2, -0.15) is 0 Å². The quantitative estimate of drug-likeness (QED) is 0.837. The van der Waals surface area contributed by atoms with Crippen LogP contribution in [0.2, 0.25) is 5.02 Å². The van der Waals surface area contributed by atoms with Crippen molar-refractivity contribution >= 4 is 27.3 Å². The predicted octanol–water partition coefficient (Wildman–Crippen LogP) is 2.62. The summed E-state index contributed by atoms with van der Waals surface area (Å²) >= 11 is 5.96. The van der Waals surface area contributed by atoms with Crippen molar-refractivity contribution in [1.82, 2.24) is 9.88 Å². The van der Waals surface area contributed by atoms with E-state index in [0.717, 1.165) is 5.56 Å². The number of hydrogen-bond acceptors (Lipinski definition) is 3. The lowest BCUT2D eigenvalue weighted by atomic mass is 9.95. The maximum Gasteiger partial charge on any atom is 0.220 e. The monoisotopic (exact) mass is 380 g/mol. The van der Waals surface area contributed by atoms with Gasteiger partial charge in [0.05, 0.1) is 11.5 Å². The Morgan fingerprint density at radius 2 is 1.92 bits per heavy atom. The molecule has 1 aliphatic heterocycles. The molecular weight excluding hydrogens is 360 g/mol. The van der Waals surface area contributed by atoms with E-state index >= 15 is 0 Å². The molecule has 2 heterocycles. The highest BCUT2D eigenvalue weighted by molar-refractivity contribution is 7.91. The van der Waals surface area contributed by atoms with Gasteiger partial charge < -0.3 is 9.88 Å². The number of nitrogens with one attached hydrogen (secondary N) is 1. The summed E-state index contributed by atoms with van der Waals surface area (Å²) in [7, 11) is -3.00. The standard InChI is InChI=1S/C18H21ClN2O3S/c19-16-5-3-14(4-6-16)15(12-21-8-1-2-9-21)11-18(22)20-17-7-10-25(23,24)13-17/h1-6,8-9,15,17H,7,10-13H2,(H,20,22)/t15-,17-/m1/s1. The Balaban J connectivity index is 1.68. The van der Waals surface area contributed by atoms with Gasteiger partial charge in [0.25, 0.3) is 0 Å².